The standard InChI is InChI=1S/C21H36N4O3S.HI/c1-5-15-29(26,27)25-13-11-19(12-14-25)24-21(22-6-2)23-16-18(4)28-20-10-8-7-9-17(20)3;/h7-10,18-19H,5-6,11-16H2,1-4H3,(H2,22,23,24);1H. The molecule has 7 nitrogen and oxygen atoms in total. The van der Waals surface area contributed by atoms with Crippen molar-refractivity contribution in [1.29, 1.82) is 0 Å². The number of ether oxygens (including phenoxy) is 1. The van der Waals surface area contributed by atoms with E-state index in [0.29, 0.717) is 26.1 Å². The van der Waals surface area contributed by atoms with Gasteiger partial charge >= 0.3 is 0 Å². The number of halogens is 1. The van der Waals surface area contributed by atoms with Crippen molar-refractivity contribution < 1.29 is 13.2 Å². The zero-order valence-corrected chi connectivity index (χ0v) is 21.7. The van der Waals surface area contributed by atoms with E-state index in [1.165, 1.54) is 0 Å². The number of hydrogen-bond donors (Lipinski definition) is 2. The molecule has 1 aromatic rings. The minimum Gasteiger partial charge on any atom is -0.489 e. The molecular formula is C21H37IN4O3S. The van der Waals surface area contributed by atoms with E-state index in [4.69, 9.17) is 4.74 Å². The number of aliphatic imine (C=N–C) groups is 1. The van der Waals surface area contributed by atoms with Gasteiger partial charge in [0.25, 0.3) is 0 Å². The van der Waals surface area contributed by atoms with Gasteiger partial charge in [-0.15, -0.1) is 24.0 Å². The summed E-state index contributed by atoms with van der Waals surface area (Å²) in [4.78, 5) is 4.67. The van der Waals surface area contributed by atoms with Crippen molar-refractivity contribution in [3.05, 3.63) is 29.8 Å². The number of para-hydroxylation sites is 1. The highest BCUT2D eigenvalue weighted by Gasteiger charge is 2.27. The van der Waals surface area contributed by atoms with Gasteiger partial charge in [-0.1, -0.05) is 25.1 Å². The monoisotopic (exact) mass is 552 g/mol. The fourth-order valence-corrected chi connectivity index (χ4v) is 4.88. The number of rotatable bonds is 9. The van der Waals surface area contributed by atoms with Crippen LogP contribution in [0.1, 0.15) is 45.6 Å². The molecule has 1 atom stereocenters. The third-order valence-electron chi connectivity index (χ3n) is 4.92. The number of hydrogen-bond acceptors (Lipinski definition) is 4. The normalized spacial score (nSPS) is 17.1. The van der Waals surface area contributed by atoms with Gasteiger partial charge in [0.1, 0.15) is 11.9 Å². The number of benzene rings is 1. The molecule has 1 fully saturated rings. The lowest BCUT2D eigenvalue weighted by molar-refractivity contribution is 0.228. The van der Waals surface area contributed by atoms with E-state index in [2.05, 4.69) is 15.6 Å². The predicted molar refractivity (Wildman–Crippen MR) is 134 cm³/mol. The Labute approximate surface area is 199 Å². The first kappa shape index (κ1) is 27.0. The lowest BCUT2D eigenvalue weighted by Gasteiger charge is -2.32. The van der Waals surface area contributed by atoms with E-state index in [9.17, 15) is 8.42 Å². The third kappa shape index (κ3) is 8.58. The minimum absolute atomic E-state index is 0. The van der Waals surface area contributed by atoms with Crippen LogP contribution < -0.4 is 15.4 Å². The molecule has 0 bridgehead atoms. The maximum Gasteiger partial charge on any atom is 0.214 e. The van der Waals surface area contributed by atoms with Crippen molar-refractivity contribution in [3.8, 4) is 5.75 Å². The molecule has 1 aliphatic rings. The minimum atomic E-state index is -3.11. The molecule has 1 aromatic carbocycles. The second-order valence-corrected chi connectivity index (χ2v) is 9.64. The van der Waals surface area contributed by atoms with Crippen molar-refractivity contribution in [2.75, 3.05) is 31.9 Å². The molecule has 30 heavy (non-hydrogen) atoms. The molecule has 0 radical (unpaired) electrons. The second kappa shape index (κ2) is 13.4. The fraction of sp³-hybridized carbons (Fsp3) is 0.667. The van der Waals surface area contributed by atoms with Gasteiger partial charge in [0.05, 0.1) is 12.3 Å². The van der Waals surface area contributed by atoms with Crippen molar-refractivity contribution >= 4 is 40.0 Å². The number of nitrogens with one attached hydrogen (secondary N) is 2. The van der Waals surface area contributed by atoms with Gasteiger partial charge in [-0.05, 0) is 51.7 Å². The van der Waals surface area contributed by atoms with E-state index >= 15 is 0 Å². The zero-order valence-electron chi connectivity index (χ0n) is 18.6. The Kier molecular flexibility index (Phi) is 12.0. The maximum absolute atomic E-state index is 12.2. The van der Waals surface area contributed by atoms with Crippen LogP contribution in [0.5, 0.6) is 5.75 Å². The van der Waals surface area contributed by atoms with Crippen LogP contribution in [0.2, 0.25) is 0 Å². The Morgan fingerprint density at radius 1 is 1.27 bits per heavy atom. The molecule has 0 spiro atoms. The van der Waals surface area contributed by atoms with Gasteiger partial charge in [0, 0.05) is 25.7 Å². The highest BCUT2D eigenvalue weighted by atomic mass is 127. The van der Waals surface area contributed by atoms with E-state index in [1.54, 1.807) is 4.31 Å². The first-order valence-corrected chi connectivity index (χ1v) is 12.2. The SMILES string of the molecule is CCCS(=O)(=O)N1CCC(NC(=NCC(C)Oc2ccccc2C)NCC)CC1.I. The first-order chi connectivity index (χ1) is 13.9. The number of guanidine groups is 1. The van der Waals surface area contributed by atoms with Crippen LogP contribution in [0, 0.1) is 6.92 Å². The summed E-state index contributed by atoms with van der Waals surface area (Å²) < 4.78 is 32.1. The molecule has 1 unspecified atom stereocenters. The number of sulfonamides is 1. The van der Waals surface area contributed by atoms with Crippen LogP contribution in [-0.4, -0.2) is 62.8 Å². The van der Waals surface area contributed by atoms with Crippen LogP contribution in [0.4, 0.5) is 0 Å². The Morgan fingerprint density at radius 3 is 2.53 bits per heavy atom. The van der Waals surface area contributed by atoms with Crippen LogP contribution >= 0.6 is 24.0 Å². The fourth-order valence-electron chi connectivity index (χ4n) is 3.34. The average Bonchev–Trinajstić information content (AvgIpc) is 2.68. The van der Waals surface area contributed by atoms with Crippen molar-refractivity contribution in [1.82, 2.24) is 14.9 Å². The molecule has 0 saturated carbocycles. The molecule has 0 aromatic heterocycles. The summed E-state index contributed by atoms with van der Waals surface area (Å²) in [5.74, 6) is 1.87. The van der Waals surface area contributed by atoms with Crippen LogP contribution in [-0.2, 0) is 10.0 Å². The number of nitrogens with zero attached hydrogens (tertiary/aromatic N) is 2. The summed E-state index contributed by atoms with van der Waals surface area (Å²) in [6.45, 7) is 10.4. The Hall–Kier alpha value is -1.07. The van der Waals surface area contributed by atoms with Gasteiger partial charge in [-0.25, -0.2) is 17.7 Å². The Balaban J connectivity index is 0.00000450. The molecule has 1 heterocycles. The summed E-state index contributed by atoms with van der Waals surface area (Å²) in [7, 11) is -3.11. The second-order valence-electron chi connectivity index (χ2n) is 7.55. The Morgan fingerprint density at radius 2 is 1.93 bits per heavy atom. The van der Waals surface area contributed by atoms with Gasteiger partial charge in [0.15, 0.2) is 5.96 Å². The summed E-state index contributed by atoms with van der Waals surface area (Å²) in [6.07, 6.45) is 2.17. The Bertz CT molecular complexity index is 765. The van der Waals surface area contributed by atoms with Gasteiger partial charge in [0.2, 0.25) is 10.0 Å². The van der Waals surface area contributed by atoms with Crippen molar-refractivity contribution in [3.63, 3.8) is 0 Å². The van der Waals surface area contributed by atoms with Gasteiger partial charge < -0.3 is 15.4 Å². The van der Waals surface area contributed by atoms with Crippen molar-refractivity contribution in [2.45, 2.75) is 59.1 Å². The van der Waals surface area contributed by atoms with Crippen LogP contribution in [0.25, 0.3) is 0 Å². The van der Waals surface area contributed by atoms with E-state index in [1.807, 2.05) is 52.0 Å². The molecule has 0 aliphatic carbocycles. The molecule has 1 aliphatic heterocycles. The zero-order chi connectivity index (χ0) is 21.3. The number of piperidine rings is 1. The summed E-state index contributed by atoms with van der Waals surface area (Å²) in [5.41, 5.74) is 1.11. The van der Waals surface area contributed by atoms with Gasteiger partial charge in [-0.3, -0.25) is 0 Å². The van der Waals surface area contributed by atoms with Gasteiger partial charge in [-0.2, -0.15) is 0 Å². The highest BCUT2D eigenvalue weighted by Crippen LogP contribution is 2.18. The van der Waals surface area contributed by atoms with E-state index in [-0.39, 0.29) is 41.9 Å². The molecule has 9 heteroatoms. The lowest BCUT2D eigenvalue weighted by atomic mass is 10.1. The first-order valence-electron chi connectivity index (χ1n) is 10.6. The third-order valence-corrected chi connectivity index (χ3v) is 7.00. The molecule has 2 N–H and O–H groups in total. The topological polar surface area (TPSA) is 83.0 Å². The predicted octanol–water partition coefficient (Wildman–Crippen LogP) is 3.14. The molecule has 172 valence electrons. The summed E-state index contributed by atoms with van der Waals surface area (Å²) >= 11 is 0. The lowest BCUT2D eigenvalue weighted by Crippen LogP contribution is -2.50. The van der Waals surface area contributed by atoms with Crippen molar-refractivity contribution in [2.24, 2.45) is 4.99 Å². The van der Waals surface area contributed by atoms with E-state index in [0.717, 1.165) is 36.7 Å². The average molecular weight is 553 g/mol. The molecule has 1 saturated heterocycles. The van der Waals surface area contributed by atoms with E-state index < -0.39 is 10.0 Å². The smallest absolute Gasteiger partial charge is 0.214 e. The largest absolute Gasteiger partial charge is 0.489 e. The quantitative estimate of drug-likeness (QED) is 0.280. The summed E-state index contributed by atoms with van der Waals surface area (Å²) in [6, 6.07) is 8.19. The maximum atomic E-state index is 12.2. The van der Waals surface area contributed by atoms with Crippen LogP contribution in [0.3, 0.4) is 0 Å². The van der Waals surface area contributed by atoms with Crippen LogP contribution in [0.15, 0.2) is 29.3 Å². The summed E-state index contributed by atoms with van der Waals surface area (Å²) in [5, 5.41) is 6.73. The highest BCUT2D eigenvalue weighted by molar-refractivity contribution is 14.0. The molecule has 0 amide bonds. The molecular weight excluding hydrogens is 515 g/mol. The number of aryl methyl sites for hydroxylation is 1. The molecule has 2 rings (SSSR count).